The molecule has 1 atom stereocenters. The van der Waals surface area contributed by atoms with Gasteiger partial charge in [0.15, 0.2) is 0 Å². The number of aliphatic carboxylic acids is 1. The predicted octanol–water partition coefficient (Wildman–Crippen LogP) is 1.72. The zero-order valence-electron chi connectivity index (χ0n) is 12.6. The van der Waals surface area contributed by atoms with Crippen molar-refractivity contribution < 1.29 is 28.5 Å². The largest absolute Gasteiger partial charge is 0.508 e. The summed E-state index contributed by atoms with van der Waals surface area (Å²) in [7, 11) is -3.79. The van der Waals surface area contributed by atoms with Crippen LogP contribution < -0.4 is 4.72 Å². The van der Waals surface area contributed by atoms with Crippen LogP contribution >= 0.6 is 0 Å². The minimum Gasteiger partial charge on any atom is -0.508 e. The molecule has 1 unspecified atom stereocenters. The Balaban J connectivity index is 2.16. The summed E-state index contributed by atoms with van der Waals surface area (Å²) in [6, 6.07) is 1.71. The maximum atomic E-state index is 12.3. The average molecular weight is 343 g/mol. The van der Waals surface area contributed by atoms with Crippen LogP contribution in [0.5, 0.6) is 11.5 Å². The number of phenolic OH excluding ortho intramolecular Hbond substituents is 2. The van der Waals surface area contributed by atoms with Crippen LogP contribution in [0.2, 0.25) is 0 Å². The van der Waals surface area contributed by atoms with Gasteiger partial charge in [0.05, 0.1) is 5.75 Å². The summed E-state index contributed by atoms with van der Waals surface area (Å²) in [6.07, 6.45) is 4.73. The number of aromatic hydroxyl groups is 2. The monoisotopic (exact) mass is 343 g/mol. The molecule has 0 radical (unpaired) electrons. The molecule has 0 bridgehead atoms. The van der Waals surface area contributed by atoms with E-state index in [9.17, 15) is 28.5 Å². The van der Waals surface area contributed by atoms with E-state index in [1.54, 1.807) is 0 Å². The molecule has 128 valence electrons. The number of carbonyl (C=O) groups is 1. The molecule has 0 spiro atoms. The van der Waals surface area contributed by atoms with Crippen LogP contribution in [-0.4, -0.2) is 35.5 Å². The lowest BCUT2D eigenvalue weighted by Crippen LogP contribution is -2.37. The fourth-order valence-corrected chi connectivity index (χ4v) is 4.58. The normalized spacial score (nSPS) is 17.7. The van der Waals surface area contributed by atoms with Crippen molar-refractivity contribution in [2.24, 2.45) is 5.92 Å². The number of hydrogen-bond acceptors (Lipinski definition) is 5. The Hall–Kier alpha value is -1.80. The van der Waals surface area contributed by atoms with Gasteiger partial charge in [-0.3, -0.25) is 4.79 Å². The van der Waals surface area contributed by atoms with Crippen molar-refractivity contribution >= 4 is 16.0 Å². The second-order valence-electron chi connectivity index (χ2n) is 5.96. The van der Waals surface area contributed by atoms with Crippen LogP contribution in [0.25, 0.3) is 0 Å². The zero-order chi connectivity index (χ0) is 17.0. The molecule has 1 aromatic carbocycles. The third-order valence-corrected chi connectivity index (χ3v) is 5.49. The van der Waals surface area contributed by atoms with Gasteiger partial charge in [0, 0.05) is 6.07 Å². The highest BCUT2D eigenvalue weighted by Gasteiger charge is 2.29. The number of rotatable bonds is 6. The summed E-state index contributed by atoms with van der Waals surface area (Å²) < 4.78 is 26.7. The summed E-state index contributed by atoms with van der Waals surface area (Å²) in [5.74, 6) is -2.15. The second-order valence-corrected chi connectivity index (χ2v) is 7.76. The van der Waals surface area contributed by atoms with Gasteiger partial charge < -0.3 is 15.3 Å². The van der Waals surface area contributed by atoms with Crippen molar-refractivity contribution in [3.8, 4) is 11.5 Å². The first-order valence-electron chi connectivity index (χ1n) is 7.52. The van der Waals surface area contributed by atoms with E-state index in [2.05, 4.69) is 4.72 Å². The molecule has 1 aliphatic carbocycles. The van der Waals surface area contributed by atoms with Crippen LogP contribution in [0.15, 0.2) is 18.2 Å². The lowest BCUT2D eigenvalue weighted by Gasteiger charge is -2.23. The van der Waals surface area contributed by atoms with E-state index in [1.807, 2.05) is 0 Å². The Labute approximate surface area is 135 Å². The minimum absolute atomic E-state index is 0.0257. The van der Waals surface area contributed by atoms with E-state index >= 15 is 0 Å². The summed E-state index contributed by atoms with van der Waals surface area (Å²) in [5.41, 5.74) is -0.0257. The molecule has 0 aliphatic heterocycles. The highest BCUT2D eigenvalue weighted by molar-refractivity contribution is 7.89. The number of carboxylic acid groups (broad SMARTS) is 1. The molecule has 0 aromatic heterocycles. The summed E-state index contributed by atoms with van der Waals surface area (Å²) in [5, 5.41) is 28.2. The van der Waals surface area contributed by atoms with Gasteiger partial charge in [-0.25, -0.2) is 8.42 Å². The summed E-state index contributed by atoms with van der Waals surface area (Å²) in [4.78, 5) is 11.4. The van der Waals surface area contributed by atoms with Gasteiger partial charge in [-0.2, -0.15) is 4.72 Å². The number of carboxylic acids is 1. The third-order valence-electron chi connectivity index (χ3n) is 3.98. The van der Waals surface area contributed by atoms with Crippen molar-refractivity contribution in [2.45, 2.75) is 38.1 Å². The topological polar surface area (TPSA) is 124 Å². The molecule has 0 saturated heterocycles. The van der Waals surface area contributed by atoms with Gasteiger partial charge in [0.25, 0.3) is 0 Å². The second kappa shape index (κ2) is 7.18. The fourth-order valence-electron chi connectivity index (χ4n) is 2.94. The van der Waals surface area contributed by atoms with E-state index < -0.39 is 22.0 Å². The smallest absolute Gasteiger partial charge is 0.326 e. The van der Waals surface area contributed by atoms with Crippen molar-refractivity contribution in [1.29, 1.82) is 0 Å². The average Bonchev–Trinajstić information content (AvgIpc) is 2.44. The third kappa shape index (κ3) is 5.11. The molecule has 4 N–H and O–H groups in total. The van der Waals surface area contributed by atoms with E-state index in [-0.39, 0.29) is 28.7 Å². The van der Waals surface area contributed by atoms with Crippen molar-refractivity contribution in [3.05, 3.63) is 23.8 Å². The Kier molecular flexibility index (Phi) is 5.48. The molecule has 2 rings (SSSR count). The first-order valence-corrected chi connectivity index (χ1v) is 9.18. The number of phenols is 2. The van der Waals surface area contributed by atoms with Crippen molar-refractivity contribution in [3.63, 3.8) is 0 Å². The molecule has 0 amide bonds. The molecular weight excluding hydrogens is 322 g/mol. The molecule has 1 saturated carbocycles. The zero-order valence-corrected chi connectivity index (χ0v) is 13.4. The van der Waals surface area contributed by atoms with E-state index in [1.165, 1.54) is 0 Å². The molecule has 7 nitrogen and oxygen atoms in total. The summed E-state index contributed by atoms with van der Waals surface area (Å²) in [6.45, 7) is 0. The highest BCUT2D eigenvalue weighted by Crippen LogP contribution is 2.27. The first kappa shape index (κ1) is 17.6. The van der Waals surface area contributed by atoms with Gasteiger partial charge >= 0.3 is 5.97 Å². The van der Waals surface area contributed by atoms with Crippen molar-refractivity contribution in [2.75, 3.05) is 5.75 Å². The molecule has 1 aliphatic rings. The van der Waals surface area contributed by atoms with E-state index in [0.29, 0.717) is 0 Å². The molecule has 1 fully saturated rings. The van der Waals surface area contributed by atoms with Crippen molar-refractivity contribution in [1.82, 2.24) is 4.72 Å². The van der Waals surface area contributed by atoms with E-state index in [4.69, 9.17) is 0 Å². The number of nitrogens with one attached hydrogen (secondary N) is 1. The lowest BCUT2D eigenvalue weighted by atomic mass is 9.91. The van der Waals surface area contributed by atoms with Gasteiger partial charge in [-0.1, -0.05) is 19.3 Å². The van der Waals surface area contributed by atoms with Crippen LogP contribution in [0, 0.1) is 5.92 Å². The SMILES string of the molecule is O=C(O)C(NS(=O)(=O)CC1CCCCC1)c1cc(O)cc(O)c1. The van der Waals surface area contributed by atoms with Gasteiger partial charge in [-0.05, 0) is 36.5 Å². The standard InChI is InChI=1S/C15H21NO6S/c17-12-6-11(7-13(18)8-12)14(15(19)20)16-23(21,22)9-10-4-2-1-3-5-10/h6-8,10,14,16-18H,1-5,9H2,(H,19,20). The van der Waals surface area contributed by atoms with Crippen LogP contribution in [0.3, 0.4) is 0 Å². The van der Waals surface area contributed by atoms with E-state index in [0.717, 1.165) is 50.3 Å². The first-order chi connectivity index (χ1) is 10.8. The summed E-state index contributed by atoms with van der Waals surface area (Å²) >= 11 is 0. The quantitative estimate of drug-likeness (QED) is 0.623. The molecule has 23 heavy (non-hydrogen) atoms. The number of benzene rings is 1. The Morgan fingerprint density at radius 1 is 1.13 bits per heavy atom. The Morgan fingerprint density at radius 2 is 1.70 bits per heavy atom. The number of hydrogen-bond donors (Lipinski definition) is 4. The predicted molar refractivity (Wildman–Crippen MR) is 83.6 cm³/mol. The Bertz CT molecular complexity index is 646. The minimum atomic E-state index is -3.79. The molecule has 1 aromatic rings. The van der Waals surface area contributed by atoms with Gasteiger partial charge in [0.1, 0.15) is 17.5 Å². The van der Waals surface area contributed by atoms with Gasteiger partial charge in [-0.15, -0.1) is 0 Å². The lowest BCUT2D eigenvalue weighted by molar-refractivity contribution is -0.139. The molecule has 8 heteroatoms. The maximum absolute atomic E-state index is 12.3. The highest BCUT2D eigenvalue weighted by atomic mass is 32.2. The van der Waals surface area contributed by atoms with Crippen LogP contribution in [-0.2, 0) is 14.8 Å². The molecular formula is C15H21NO6S. The number of sulfonamides is 1. The van der Waals surface area contributed by atoms with Gasteiger partial charge in [0.2, 0.25) is 10.0 Å². The maximum Gasteiger partial charge on any atom is 0.326 e. The van der Waals surface area contributed by atoms with Crippen LogP contribution in [0.1, 0.15) is 43.7 Å². The molecule has 0 heterocycles. The fraction of sp³-hybridized carbons (Fsp3) is 0.533. The Morgan fingerprint density at radius 3 is 2.22 bits per heavy atom. The van der Waals surface area contributed by atoms with Crippen LogP contribution in [0.4, 0.5) is 0 Å².